The highest BCUT2D eigenvalue weighted by Gasteiger charge is 2.15. The number of aromatic amines is 1. The average molecular weight is 326 g/mol. The van der Waals surface area contributed by atoms with Crippen LogP contribution in [0.2, 0.25) is 5.02 Å². The molecule has 0 aliphatic rings. The van der Waals surface area contributed by atoms with Gasteiger partial charge in [0.15, 0.2) is 0 Å². The van der Waals surface area contributed by atoms with E-state index < -0.39 is 11.6 Å². The largest absolute Gasteiger partial charge is 0.347 e. The molecule has 0 aliphatic carbocycles. The van der Waals surface area contributed by atoms with E-state index in [1.165, 1.54) is 6.07 Å². The molecule has 0 aliphatic heterocycles. The maximum absolute atomic E-state index is 13.6. The van der Waals surface area contributed by atoms with Crippen LogP contribution in [0.15, 0.2) is 15.3 Å². The zero-order chi connectivity index (χ0) is 11.9. The molecule has 1 N–H and O–H groups in total. The second-order valence-corrected chi connectivity index (χ2v) is 4.53. The summed E-state index contributed by atoms with van der Waals surface area (Å²) in [6, 6.07) is 1.48. The Hall–Kier alpha value is -0.650. The third kappa shape index (κ3) is 1.83. The van der Waals surface area contributed by atoms with Crippen molar-refractivity contribution in [2.45, 2.75) is 5.88 Å². The van der Waals surface area contributed by atoms with Crippen molar-refractivity contribution in [1.82, 2.24) is 9.97 Å². The van der Waals surface area contributed by atoms with E-state index in [1.807, 2.05) is 4.98 Å². The topological polar surface area (TPSA) is 45.8 Å². The molecule has 0 radical (unpaired) electrons. The molecule has 2 aromatic rings. The van der Waals surface area contributed by atoms with Gasteiger partial charge in [-0.25, -0.2) is 4.79 Å². The molecule has 1 aromatic heterocycles. The van der Waals surface area contributed by atoms with E-state index in [0.717, 1.165) is 0 Å². The summed E-state index contributed by atoms with van der Waals surface area (Å²) in [5, 5.41) is 0.457. The van der Waals surface area contributed by atoms with Crippen LogP contribution in [-0.4, -0.2) is 9.97 Å². The molecule has 7 heteroatoms. The standard InChI is InChI=1S/C9H4BrCl2FN2O/c10-4-1-5-6(3(2-11)7(4)12)8(13)15-9(16)14-5/h1H,2H2,(H,14,15,16). The van der Waals surface area contributed by atoms with Crippen LogP contribution in [0.25, 0.3) is 10.9 Å². The summed E-state index contributed by atoms with van der Waals surface area (Å²) in [5.74, 6) is -0.751. The second kappa shape index (κ2) is 4.31. The van der Waals surface area contributed by atoms with Gasteiger partial charge in [0.2, 0.25) is 5.95 Å². The van der Waals surface area contributed by atoms with Gasteiger partial charge in [0.1, 0.15) is 0 Å². The van der Waals surface area contributed by atoms with Gasteiger partial charge in [0.25, 0.3) is 0 Å². The molecule has 1 aromatic carbocycles. The van der Waals surface area contributed by atoms with Gasteiger partial charge in [0.05, 0.1) is 15.9 Å². The molecule has 0 saturated carbocycles. The fourth-order valence-electron chi connectivity index (χ4n) is 1.42. The number of halogens is 4. The zero-order valence-corrected chi connectivity index (χ0v) is 10.7. The third-order valence-electron chi connectivity index (χ3n) is 2.09. The van der Waals surface area contributed by atoms with Gasteiger partial charge in [0, 0.05) is 15.9 Å². The minimum absolute atomic E-state index is 0.0272. The summed E-state index contributed by atoms with van der Waals surface area (Å²) in [6.07, 6.45) is 0. The van der Waals surface area contributed by atoms with Crippen molar-refractivity contribution in [2.24, 2.45) is 0 Å². The molecule has 0 unspecified atom stereocenters. The van der Waals surface area contributed by atoms with Gasteiger partial charge in [-0.3, -0.25) is 4.98 Å². The van der Waals surface area contributed by atoms with Gasteiger partial charge >= 0.3 is 5.69 Å². The lowest BCUT2D eigenvalue weighted by molar-refractivity contribution is 0.587. The summed E-state index contributed by atoms with van der Waals surface area (Å²) in [4.78, 5) is 16.6. The highest BCUT2D eigenvalue weighted by molar-refractivity contribution is 9.10. The summed E-state index contributed by atoms with van der Waals surface area (Å²) >= 11 is 14.9. The van der Waals surface area contributed by atoms with E-state index in [1.54, 1.807) is 0 Å². The Kier molecular flexibility index (Phi) is 3.19. The Morgan fingerprint density at radius 3 is 2.88 bits per heavy atom. The molecule has 0 spiro atoms. The predicted octanol–water partition coefficient (Wildman–Crippen LogP) is 3.22. The number of hydrogen-bond acceptors (Lipinski definition) is 2. The zero-order valence-electron chi connectivity index (χ0n) is 7.65. The average Bonchev–Trinajstić information content (AvgIpc) is 2.20. The predicted molar refractivity (Wildman–Crippen MR) is 64.6 cm³/mol. The number of nitrogens with one attached hydrogen (secondary N) is 1. The van der Waals surface area contributed by atoms with Crippen molar-refractivity contribution >= 4 is 50.0 Å². The molecule has 84 valence electrons. The van der Waals surface area contributed by atoms with Crippen LogP contribution in [0, 0.1) is 5.95 Å². The minimum Gasteiger partial charge on any atom is -0.282 e. The van der Waals surface area contributed by atoms with Gasteiger partial charge in [-0.05, 0) is 22.0 Å². The number of fused-ring (bicyclic) bond motifs is 1. The number of aromatic nitrogens is 2. The van der Waals surface area contributed by atoms with E-state index >= 15 is 0 Å². The van der Waals surface area contributed by atoms with Crippen LogP contribution < -0.4 is 5.69 Å². The Balaban J connectivity index is 3.02. The number of benzene rings is 1. The molecule has 0 atom stereocenters. The van der Waals surface area contributed by atoms with Crippen molar-refractivity contribution in [3.63, 3.8) is 0 Å². The molecule has 3 nitrogen and oxygen atoms in total. The molecule has 0 saturated heterocycles. The number of H-pyrrole nitrogens is 1. The first-order valence-corrected chi connectivity index (χ1v) is 5.87. The van der Waals surface area contributed by atoms with E-state index in [9.17, 15) is 9.18 Å². The molecular weight excluding hydrogens is 322 g/mol. The SMILES string of the molecule is O=c1nc2cc(Br)c(Cl)c(CCl)c2c(F)[nH]1. The lowest BCUT2D eigenvalue weighted by Gasteiger charge is -2.07. The lowest BCUT2D eigenvalue weighted by atomic mass is 10.1. The smallest absolute Gasteiger partial charge is 0.282 e. The molecule has 0 fully saturated rings. The first-order chi connectivity index (χ1) is 7.54. The molecule has 0 bridgehead atoms. The van der Waals surface area contributed by atoms with Crippen LogP contribution in [0.1, 0.15) is 5.56 Å². The van der Waals surface area contributed by atoms with Crippen LogP contribution in [0.4, 0.5) is 4.39 Å². The van der Waals surface area contributed by atoms with Crippen LogP contribution in [0.5, 0.6) is 0 Å². The summed E-state index contributed by atoms with van der Waals surface area (Å²) < 4.78 is 14.1. The Bertz CT molecular complexity index is 629. The first-order valence-electron chi connectivity index (χ1n) is 4.17. The summed E-state index contributed by atoms with van der Waals surface area (Å²) in [5.41, 5.74) is -0.137. The van der Waals surface area contributed by atoms with Crippen molar-refractivity contribution < 1.29 is 4.39 Å². The number of alkyl halides is 1. The molecule has 16 heavy (non-hydrogen) atoms. The second-order valence-electron chi connectivity index (χ2n) is 3.03. The van der Waals surface area contributed by atoms with Crippen molar-refractivity contribution in [2.75, 3.05) is 0 Å². The van der Waals surface area contributed by atoms with Crippen molar-refractivity contribution in [1.29, 1.82) is 0 Å². The van der Waals surface area contributed by atoms with Gasteiger partial charge < -0.3 is 0 Å². The van der Waals surface area contributed by atoms with Crippen LogP contribution in [-0.2, 0) is 5.88 Å². The molecular formula is C9H4BrCl2FN2O. The molecule has 1 heterocycles. The summed E-state index contributed by atoms with van der Waals surface area (Å²) in [6.45, 7) is 0. The van der Waals surface area contributed by atoms with Crippen LogP contribution >= 0.6 is 39.1 Å². The van der Waals surface area contributed by atoms with Gasteiger partial charge in [-0.1, -0.05) is 11.6 Å². The third-order valence-corrected chi connectivity index (χ3v) is 3.64. The van der Waals surface area contributed by atoms with Gasteiger partial charge in [-0.15, -0.1) is 11.6 Å². The first kappa shape index (κ1) is 11.8. The van der Waals surface area contributed by atoms with Crippen molar-refractivity contribution in [3.8, 4) is 0 Å². The highest BCUT2D eigenvalue weighted by Crippen LogP contribution is 2.33. The Morgan fingerprint density at radius 2 is 2.25 bits per heavy atom. The minimum atomic E-state index is -0.778. The summed E-state index contributed by atoms with van der Waals surface area (Å²) in [7, 11) is 0. The maximum atomic E-state index is 13.6. The number of hydrogen-bond donors (Lipinski definition) is 1. The lowest BCUT2D eigenvalue weighted by Crippen LogP contribution is -2.13. The van der Waals surface area contributed by atoms with Crippen LogP contribution in [0.3, 0.4) is 0 Å². The Morgan fingerprint density at radius 1 is 1.56 bits per heavy atom. The fourth-order valence-corrected chi connectivity index (χ4v) is 2.42. The monoisotopic (exact) mass is 324 g/mol. The van der Waals surface area contributed by atoms with E-state index in [0.29, 0.717) is 15.1 Å². The normalized spacial score (nSPS) is 11.0. The molecule has 0 amide bonds. The number of nitrogens with zero attached hydrogens (tertiary/aromatic N) is 1. The van der Waals surface area contributed by atoms with E-state index in [4.69, 9.17) is 23.2 Å². The van der Waals surface area contributed by atoms with E-state index in [2.05, 4.69) is 20.9 Å². The Labute approximate surface area is 108 Å². The van der Waals surface area contributed by atoms with E-state index in [-0.39, 0.29) is 16.8 Å². The number of rotatable bonds is 1. The van der Waals surface area contributed by atoms with Gasteiger partial charge in [-0.2, -0.15) is 9.37 Å². The molecule has 2 rings (SSSR count). The van der Waals surface area contributed by atoms with Crippen molar-refractivity contribution in [3.05, 3.63) is 37.6 Å². The highest BCUT2D eigenvalue weighted by atomic mass is 79.9. The maximum Gasteiger partial charge on any atom is 0.347 e. The quantitative estimate of drug-likeness (QED) is 0.646. The fraction of sp³-hybridized carbons (Fsp3) is 0.111.